The van der Waals surface area contributed by atoms with Gasteiger partial charge in [0.05, 0.1) is 7.11 Å². The summed E-state index contributed by atoms with van der Waals surface area (Å²) in [5.74, 6) is 0.0367. The van der Waals surface area contributed by atoms with Gasteiger partial charge in [0.25, 0.3) is 0 Å². The predicted molar refractivity (Wildman–Crippen MR) is 104 cm³/mol. The molecule has 0 bridgehead atoms. The number of carbonyl (C=O) groups is 2. The van der Waals surface area contributed by atoms with Gasteiger partial charge in [0.2, 0.25) is 0 Å². The van der Waals surface area contributed by atoms with Gasteiger partial charge in [-0.25, -0.2) is 0 Å². The standard InChI is InChI=1S/C22H22O5/c1-15(19-8-6-5-7-9-19)22(27-17(3)24)21(26-16(2)23)14-18-10-12-20(25-4)13-11-18/h5-14H,1-4H3/b21-14+,22-15+. The van der Waals surface area contributed by atoms with Crippen LogP contribution in [0.4, 0.5) is 0 Å². The molecule has 0 fully saturated rings. The van der Waals surface area contributed by atoms with Gasteiger partial charge in [-0.05, 0) is 36.3 Å². The number of hydrogen-bond acceptors (Lipinski definition) is 5. The van der Waals surface area contributed by atoms with Crippen LogP contribution in [-0.4, -0.2) is 19.0 Å². The van der Waals surface area contributed by atoms with Crippen molar-refractivity contribution in [1.82, 2.24) is 0 Å². The van der Waals surface area contributed by atoms with Crippen LogP contribution in [0.15, 0.2) is 66.1 Å². The Balaban J connectivity index is 2.58. The third-order valence-electron chi connectivity index (χ3n) is 3.68. The lowest BCUT2D eigenvalue weighted by atomic mass is 10.0. The van der Waals surface area contributed by atoms with Gasteiger partial charge in [0.15, 0.2) is 11.5 Å². The molecule has 0 saturated heterocycles. The molecule has 140 valence electrons. The quantitative estimate of drug-likeness (QED) is 0.425. The van der Waals surface area contributed by atoms with Crippen molar-refractivity contribution in [2.24, 2.45) is 0 Å². The number of esters is 2. The van der Waals surface area contributed by atoms with E-state index in [0.717, 1.165) is 11.1 Å². The first-order chi connectivity index (χ1) is 12.9. The van der Waals surface area contributed by atoms with Gasteiger partial charge < -0.3 is 14.2 Å². The van der Waals surface area contributed by atoms with Crippen LogP contribution < -0.4 is 4.74 Å². The monoisotopic (exact) mass is 366 g/mol. The molecule has 0 amide bonds. The number of allylic oxidation sites excluding steroid dienone is 1. The van der Waals surface area contributed by atoms with Crippen molar-refractivity contribution >= 4 is 23.6 Å². The Hall–Kier alpha value is -3.34. The molecule has 2 aromatic carbocycles. The van der Waals surface area contributed by atoms with Crippen LogP contribution in [0.3, 0.4) is 0 Å². The molecule has 0 aromatic heterocycles. The van der Waals surface area contributed by atoms with Crippen molar-refractivity contribution in [3.8, 4) is 5.75 Å². The highest BCUT2D eigenvalue weighted by atomic mass is 16.6. The maximum atomic E-state index is 11.7. The number of carbonyl (C=O) groups excluding carboxylic acids is 2. The summed E-state index contributed by atoms with van der Waals surface area (Å²) in [6, 6.07) is 16.6. The third-order valence-corrected chi connectivity index (χ3v) is 3.68. The first-order valence-corrected chi connectivity index (χ1v) is 8.40. The van der Waals surface area contributed by atoms with Crippen molar-refractivity contribution in [2.75, 3.05) is 7.11 Å². The Labute approximate surface area is 158 Å². The Morgan fingerprint density at radius 1 is 0.815 bits per heavy atom. The Bertz CT molecular complexity index is 861. The van der Waals surface area contributed by atoms with Gasteiger partial charge in [-0.1, -0.05) is 42.5 Å². The zero-order chi connectivity index (χ0) is 19.8. The van der Waals surface area contributed by atoms with Crippen molar-refractivity contribution in [2.45, 2.75) is 20.8 Å². The Morgan fingerprint density at radius 3 is 1.93 bits per heavy atom. The fraction of sp³-hybridized carbons (Fsp3) is 0.182. The molecule has 0 atom stereocenters. The molecule has 2 aromatic rings. The molecule has 0 N–H and O–H groups in total. The highest BCUT2D eigenvalue weighted by molar-refractivity contribution is 5.79. The number of benzene rings is 2. The van der Waals surface area contributed by atoms with Crippen LogP contribution in [-0.2, 0) is 19.1 Å². The molecule has 0 radical (unpaired) electrons. The van der Waals surface area contributed by atoms with E-state index in [4.69, 9.17) is 14.2 Å². The molecule has 0 aliphatic rings. The molecule has 0 heterocycles. The number of rotatable bonds is 6. The van der Waals surface area contributed by atoms with Crippen molar-refractivity contribution in [1.29, 1.82) is 0 Å². The highest BCUT2D eigenvalue weighted by Crippen LogP contribution is 2.27. The minimum Gasteiger partial charge on any atom is -0.497 e. The summed E-state index contributed by atoms with van der Waals surface area (Å²) in [4.78, 5) is 23.3. The second-order valence-corrected chi connectivity index (χ2v) is 5.79. The van der Waals surface area contributed by atoms with Crippen LogP contribution >= 0.6 is 0 Å². The Kier molecular flexibility index (Phi) is 6.94. The molecule has 0 aliphatic carbocycles. The van der Waals surface area contributed by atoms with Crippen LogP contribution in [0.5, 0.6) is 5.75 Å². The third kappa shape index (κ3) is 5.85. The van der Waals surface area contributed by atoms with Crippen molar-refractivity contribution in [3.05, 3.63) is 77.2 Å². The predicted octanol–water partition coefficient (Wildman–Crippen LogP) is 4.59. The topological polar surface area (TPSA) is 61.8 Å². The fourth-order valence-electron chi connectivity index (χ4n) is 2.42. The largest absolute Gasteiger partial charge is 0.497 e. The summed E-state index contributed by atoms with van der Waals surface area (Å²) >= 11 is 0. The first kappa shape index (κ1) is 20.0. The Morgan fingerprint density at radius 2 is 1.41 bits per heavy atom. The lowest BCUT2D eigenvalue weighted by Crippen LogP contribution is -2.09. The van der Waals surface area contributed by atoms with Crippen molar-refractivity contribution in [3.63, 3.8) is 0 Å². The van der Waals surface area contributed by atoms with E-state index in [-0.39, 0.29) is 11.5 Å². The normalized spacial score (nSPS) is 12.1. The summed E-state index contributed by atoms with van der Waals surface area (Å²) in [5.41, 5.74) is 2.28. The summed E-state index contributed by atoms with van der Waals surface area (Å²) in [6.45, 7) is 4.40. The van der Waals surface area contributed by atoms with E-state index in [1.807, 2.05) is 42.5 Å². The number of ether oxygens (including phenoxy) is 3. The van der Waals surface area contributed by atoms with Gasteiger partial charge in [0, 0.05) is 19.4 Å². The molecule has 5 heteroatoms. The van der Waals surface area contributed by atoms with E-state index in [1.54, 1.807) is 32.2 Å². The summed E-state index contributed by atoms with van der Waals surface area (Å²) in [7, 11) is 1.58. The molecular formula is C22H22O5. The second kappa shape index (κ2) is 9.38. The average molecular weight is 366 g/mol. The first-order valence-electron chi connectivity index (χ1n) is 8.40. The lowest BCUT2D eigenvalue weighted by Gasteiger charge is -2.15. The molecule has 0 unspecified atom stereocenters. The zero-order valence-electron chi connectivity index (χ0n) is 15.8. The van der Waals surface area contributed by atoms with Gasteiger partial charge in [-0.3, -0.25) is 9.59 Å². The summed E-state index contributed by atoms with van der Waals surface area (Å²) in [5, 5.41) is 0. The maximum absolute atomic E-state index is 11.7. The molecule has 27 heavy (non-hydrogen) atoms. The fourth-order valence-corrected chi connectivity index (χ4v) is 2.42. The van der Waals surface area contributed by atoms with Gasteiger partial charge >= 0.3 is 11.9 Å². The van der Waals surface area contributed by atoms with Gasteiger partial charge in [-0.15, -0.1) is 0 Å². The van der Waals surface area contributed by atoms with Gasteiger partial charge in [-0.2, -0.15) is 0 Å². The van der Waals surface area contributed by atoms with Crippen LogP contribution in [0.25, 0.3) is 11.6 Å². The van der Waals surface area contributed by atoms with E-state index < -0.39 is 11.9 Å². The van der Waals surface area contributed by atoms with Crippen LogP contribution in [0.2, 0.25) is 0 Å². The average Bonchev–Trinajstić information content (AvgIpc) is 2.66. The molecule has 0 saturated carbocycles. The highest BCUT2D eigenvalue weighted by Gasteiger charge is 2.18. The molecule has 0 aliphatic heterocycles. The second-order valence-electron chi connectivity index (χ2n) is 5.79. The maximum Gasteiger partial charge on any atom is 0.308 e. The van der Waals surface area contributed by atoms with Crippen molar-refractivity contribution < 1.29 is 23.8 Å². The minimum atomic E-state index is -0.514. The van der Waals surface area contributed by atoms with E-state index in [0.29, 0.717) is 11.3 Å². The van der Waals surface area contributed by atoms with Crippen LogP contribution in [0, 0.1) is 0 Å². The molecule has 2 rings (SSSR count). The summed E-state index contributed by atoms with van der Waals surface area (Å²) < 4.78 is 15.9. The van der Waals surface area contributed by atoms with Gasteiger partial charge in [0.1, 0.15) is 5.75 Å². The van der Waals surface area contributed by atoms with Crippen LogP contribution in [0.1, 0.15) is 31.9 Å². The minimum absolute atomic E-state index is 0.157. The number of methoxy groups -OCH3 is 1. The molecular weight excluding hydrogens is 344 g/mol. The SMILES string of the molecule is COc1ccc(/C=C(OC(C)=O)\C(OC(C)=O)=C(\C)c2ccccc2)cc1. The lowest BCUT2D eigenvalue weighted by molar-refractivity contribution is -0.141. The molecule has 5 nitrogen and oxygen atoms in total. The van der Waals surface area contributed by atoms with E-state index in [9.17, 15) is 9.59 Å². The zero-order valence-corrected chi connectivity index (χ0v) is 15.8. The van der Waals surface area contributed by atoms with E-state index in [2.05, 4.69) is 0 Å². The summed E-state index contributed by atoms with van der Waals surface area (Å²) in [6.07, 6.45) is 1.64. The molecule has 0 spiro atoms. The van der Waals surface area contributed by atoms with E-state index >= 15 is 0 Å². The smallest absolute Gasteiger partial charge is 0.308 e. The van der Waals surface area contributed by atoms with E-state index in [1.165, 1.54) is 13.8 Å². The number of hydrogen-bond donors (Lipinski definition) is 0.